The first kappa shape index (κ1) is 14.3. The zero-order chi connectivity index (χ0) is 14.7. The number of fused-ring (bicyclic) bond motifs is 1. The largest absolute Gasteiger partial charge is 0.339 e. The lowest BCUT2D eigenvalue weighted by Gasteiger charge is -2.21. The van der Waals surface area contributed by atoms with Crippen molar-refractivity contribution >= 4 is 0 Å². The Morgan fingerprint density at radius 3 is 2.90 bits per heavy atom. The SMILES string of the molecule is CCC(Cc1nc(C2CCc3ccccc3C2)no1)NC. The molecule has 0 fully saturated rings. The molecule has 0 saturated heterocycles. The monoisotopic (exact) mass is 285 g/mol. The van der Waals surface area contributed by atoms with E-state index < -0.39 is 0 Å². The standard InChI is InChI=1S/C17H23N3O/c1-3-15(18-2)11-16-19-17(20-21-16)14-9-8-12-6-4-5-7-13(12)10-14/h4-7,14-15,18H,3,8-11H2,1-2H3. The summed E-state index contributed by atoms with van der Waals surface area (Å²) in [5.74, 6) is 2.03. The van der Waals surface area contributed by atoms with Gasteiger partial charge in [-0.1, -0.05) is 36.3 Å². The molecule has 0 radical (unpaired) electrons. The van der Waals surface area contributed by atoms with Gasteiger partial charge in [-0.15, -0.1) is 0 Å². The third-order valence-electron chi connectivity index (χ3n) is 4.52. The zero-order valence-corrected chi connectivity index (χ0v) is 12.8. The summed E-state index contributed by atoms with van der Waals surface area (Å²) in [6.45, 7) is 2.16. The van der Waals surface area contributed by atoms with Crippen LogP contribution in [0.3, 0.4) is 0 Å². The van der Waals surface area contributed by atoms with Crippen molar-refractivity contribution in [1.82, 2.24) is 15.5 Å². The summed E-state index contributed by atoms with van der Waals surface area (Å²) in [7, 11) is 1.98. The van der Waals surface area contributed by atoms with Crippen LogP contribution >= 0.6 is 0 Å². The van der Waals surface area contributed by atoms with Crippen molar-refractivity contribution in [3.8, 4) is 0 Å². The van der Waals surface area contributed by atoms with Crippen molar-refractivity contribution in [1.29, 1.82) is 0 Å². The van der Waals surface area contributed by atoms with Gasteiger partial charge in [-0.2, -0.15) is 4.98 Å². The fraction of sp³-hybridized carbons (Fsp3) is 0.529. The number of aromatic nitrogens is 2. The maximum Gasteiger partial charge on any atom is 0.228 e. The van der Waals surface area contributed by atoms with Gasteiger partial charge in [-0.05, 0) is 43.9 Å². The van der Waals surface area contributed by atoms with Crippen LogP contribution in [0.1, 0.15) is 48.5 Å². The second kappa shape index (κ2) is 6.39. The fourth-order valence-corrected chi connectivity index (χ4v) is 3.10. The highest BCUT2D eigenvalue weighted by Crippen LogP contribution is 2.31. The van der Waals surface area contributed by atoms with Crippen LogP contribution in [0.5, 0.6) is 0 Å². The summed E-state index contributed by atoms with van der Waals surface area (Å²) in [5.41, 5.74) is 2.90. The van der Waals surface area contributed by atoms with E-state index in [4.69, 9.17) is 4.52 Å². The number of nitrogens with zero attached hydrogens (tertiary/aromatic N) is 2. The minimum Gasteiger partial charge on any atom is -0.339 e. The van der Waals surface area contributed by atoms with Crippen LogP contribution in [0.4, 0.5) is 0 Å². The number of hydrogen-bond acceptors (Lipinski definition) is 4. The molecule has 1 aliphatic carbocycles. The maximum atomic E-state index is 5.44. The van der Waals surface area contributed by atoms with Crippen molar-refractivity contribution in [2.45, 2.75) is 51.0 Å². The number of hydrogen-bond donors (Lipinski definition) is 1. The lowest BCUT2D eigenvalue weighted by Crippen LogP contribution is -2.26. The van der Waals surface area contributed by atoms with Crippen molar-refractivity contribution in [2.75, 3.05) is 7.05 Å². The Bertz CT molecular complexity index is 589. The van der Waals surface area contributed by atoms with E-state index in [-0.39, 0.29) is 0 Å². The first-order chi connectivity index (χ1) is 10.3. The van der Waals surface area contributed by atoms with Crippen LogP contribution in [0.2, 0.25) is 0 Å². The van der Waals surface area contributed by atoms with Gasteiger partial charge in [0.15, 0.2) is 5.82 Å². The first-order valence-corrected chi connectivity index (χ1v) is 7.86. The number of nitrogens with one attached hydrogen (secondary N) is 1. The molecule has 0 spiro atoms. The molecular formula is C17H23N3O. The normalized spacial score (nSPS) is 19.2. The molecule has 2 atom stereocenters. The summed E-state index contributed by atoms with van der Waals surface area (Å²) in [6, 6.07) is 9.09. The number of likely N-dealkylation sites (N-methyl/N-ethyl adjacent to an activating group) is 1. The molecule has 1 aliphatic rings. The van der Waals surface area contributed by atoms with Gasteiger partial charge in [-0.3, -0.25) is 0 Å². The first-order valence-electron chi connectivity index (χ1n) is 7.86. The average Bonchev–Trinajstić information content (AvgIpc) is 3.00. The summed E-state index contributed by atoms with van der Waals surface area (Å²) in [6.07, 6.45) is 5.12. The summed E-state index contributed by atoms with van der Waals surface area (Å²) >= 11 is 0. The maximum absolute atomic E-state index is 5.44. The quantitative estimate of drug-likeness (QED) is 0.917. The molecule has 0 aliphatic heterocycles. The molecule has 1 aromatic carbocycles. The Kier molecular flexibility index (Phi) is 4.34. The average molecular weight is 285 g/mol. The summed E-state index contributed by atoms with van der Waals surface area (Å²) < 4.78 is 5.44. The van der Waals surface area contributed by atoms with Crippen LogP contribution in [0.15, 0.2) is 28.8 Å². The van der Waals surface area contributed by atoms with Gasteiger partial charge in [-0.25, -0.2) is 0 Å². The van der Waals surface area contributed by atoms with Crippen molar-refractivity contribution in [3.63, 3.8) is 0 Å². The van der Waals surface area contributed by atoms with E-state index in [9.17, 15) is 0 Å². The Labute approximate surface area is 126 Å². The van der Waals surface area contributed by atoms with Gasteiger partial charge in [0, 0.05) is 18.4 Å². The van der Waals surface area contributed by atoms with Gasteiger partial charge in [0.1, 0.15) is 0 Å². The molecule has 1 N–H and O–H groups in total. The molecule has 2 unspecified atom stereocenters. The lowest BCUT2D eigenvalue weighted by molar-refractivity contribution is 0.350. The van der Waals surface area contributed by atoms with Crippen LogP contribution < -0.4 is 5.32 Å². The number of benzene rings is 1. The molecule has 112 valence electrons. The minimum absolute atomic E-state index is 0.395. The predicted octanol–water partition coefficient (Wildman–Crippen LogP) is 2.88. The van der Waals surface area contributed by atoms with E-state index in [1.54, 1.807) is 0 Å². The van der Waals surface area contributed by atoms with Crippen molar-refractivity contribution < 1.29 is 4.52 Å². The Morgan fingerprint density at radius 2 is 2.14 bits per heavy atom. The van der Waals surface area contributed by atoms with E-state index in [1.807, 2.05) is 7.05 Å². The third-order valence-corrected chi connectivity index (χ3v) is 4.52. The van der Waals surface area contributed by atoms with Gasteiger partial charge < -0.3 is 9.84 Å². The Balaban J connectivity index is 1.70. The smallest absolute Gasteiger partial charge is 0.228 e. The molecule has 0 amide bonds. The van der Waals surface area contributed by atoms with E-state index in [1.165, 1.54) is 11.1 Å². The zero-order valence-electron chi connectivity index (χ0n) is 12.8. The lowest BCUT2D eigenvalue weighted by atomic mass is 9.83. The van der Waals surface area contributed by atoms with Crippen LogP contribution in [-0.4, -0.2) is 23.2 Å². The predicted molar refractivity (Wildman–Crippen MR) is 82.3 cm³/mol. The topological polar surface area (TPSA) is 51.0 Å². The number of rotatable bonds is 5. The highest BCUT2D eigenvalue weighted by molar-refractivity contribution is 5.31. The molecule has 21 heavy (non-hydrogen) atoms. The van der Waals surface area contributed by atoms with E-state index in [2.05, 4.69) is 46.6 Å². The fourth-order valence-electron chi connectivity index (χ4n) is 3.10. The van der Waals surface area contributed by atoms with E-state index in [0.29, 0.717) is 12.0 Å². The highest BCUT2D eigenvalue weighted by Gasteiger charge is 2.24. The third kappa shape index (κ3) is 3.16. The van der Waals surface area contributed by atoms with E-state index >= 15 is 0 Å². The minimum atomic E-state index is 0.395. The van der Waals surface area contributed by atoms with Crippen LogP contribution in [-0.2, 0) is 19.3 Å². The molecule has 3 rings (SSSR count). The van der Waals surface area contributed by atoms with Crippen LogP contribution in [0, 0.1) is 0 Å². The Morgan fingerprint density at radius 1 is 1.33 bits per heavy atom. The number of aryl methyl sites for hydroxylation is 1. The summed E-state index contributed by atoms with van der Waals surface area (Å²) in [5, 5.41) is 7.49. The van der Waals surface area contributed by atoms with Gasteiger partial charge in [0.25, 0.3) is 0 Å². The van der Waals surface area contributed by atoms with Gasteiger partial charge >= 0.3 is 0 Å². The second-order valence-electron chi connectivity index (χ2n) is 5.85. The molecule has 0 bridgehead atoms. The molecule has 1 heterocycles. The van der Waals surface area contributed by atoms with Crippen LogP contribution in [0.25, 0.3) is 0 Å². The molecule has 4 nitrogen and oxygen atoms in total. The van der Waals surface area contributed by atoms with Gasteiger partial charge in [0.05, 0.1) is 0 Å². The Hall–Kier alpha value is -1.68. The van der Waals surface area contributed by atoms with Crippen molar-refractivity contribution in [3.05, 3.63) is 47.1 Å². The van der Waals surface area contributed by atoms with Crippen molar-refractivity contribution in [2.24, 2.45) is 0 Å². The molecular weight excluding hydrogens is 262 g/mol. The molecule has 1 aromatic heterocycles. The highest BCUT2D eigenvalue weighted by atomic mass is 16.5. The molecule has 2 aromatic rings. The van der Waals surface area contributed by atoms with Gasteiger partial charge in [0.2, 0.25) is 5.89 Å². The molecule has 4 heteroatoms. The second-order valence-corrected chi connectivity index (χ2v) is 5.85. The summed E-state index contributed by atoms with van der Waals surface area (Å²) in [4.78, 5) is 4.62. The van der Waals surface area contributed by atoms with E-state index in [0.717, 1.165) is 43.8 Å². The molecule has 0 saturated carbocycles.